The maximum Gasteiger partial charge on any atom is 0.0625 e. The van der Waals surface area contributed by atoms with E-state index in [2.05, 4.69) is 61.0 Å². The van der Waals surface area contributed by atoms with E-state index in [1.165, 1.54) is 5.69 Å². The molecule has 1 aromatic rings. The summed E-state index contributed by atoms with van der Waals surface area (Å²) in [6, 6.07) is 2.59. The molecule has 1 atom stereocenters. The fraction of sp³-hybridized carbons (Fsp3) is 0.750. The molecule has 1 unspecified atom stereocenters. The third kappa shape index (κ3) is 3.98. The molecule has 0 saturated heterocycles. The van der Waals surface area contributed by atoms with Crippen molar-refractivity contribution in [3.63, 3.8) is 0 Å². The first kappa shape index (κ1) is 12.8. The van der Waals surface area contributed by atoms with Gasteiger partial charge in [-0.05, 0) is 38.7 Å². The maximum absolute atomic E-state index is 4.54. The van der Waals surface area contributed by atoms with Crippen LogP contribution in [0.25, 0.3) is 0 Å². The van der Waals surface area contributed by atoms with Gasteiger partial charge in [-0.15, -0.1) is 0 Å². The van der Waals surface area contributed by atoms with Crippen LogP contribution in [0, 0.1) is 5.92 Å². The first-order valence-electron chi connectivity index (χ1n) is 5.68. The molecule has 0 aliphatic heterocycles. The number of alkyl halides is 1. The Balaban J connectivity index is 2.44. The SMILES string of the molecule is CC(C)C(Br)CCc1ccn(C(C)C)n1. The van der Waals surface area contributed by atoms with Crippen molar-refractivity contribution in [1.82, 2.24) is 9.78 Å². The molecule has 0 amide bonds. The third-order valence-corrected chi connectivity index (χ3v) is 4.11. The van der Waals surface area contributed by atoms with Gasteiger partial charge in [-0.25, -0.2) is 0 Å². The van der Waals surface area contributed by atoms with Crippen LogP contribution in [-0.2, 0) is 6.42 Å². The van der Waals surface area contributed by atoms with Gasteiger partial charge in [0.25, 0.3) is 0 Å². The van der Waals surface area contributed by atoms with Gasteiger partial charge in [-0.3, -0.25) is 4.68 Å². The summed E-state index contributed by atoms with van der Waals surface area (Å²) in [5, 5.41) is 4.54. The molecule has 1 heterocycles. The Hall–Kier alpha value is -0.310. The van der Waals surface area contributed by atoms with Crippen LogP contribution in [0.4, 0.5) is 0 Å². The van der Waals surface area contributed by atoms with E-state index < -0.39 is 0 Å². The predicted molar refractivity (Wildman–Crippen MR) is 68.5 cm³/mol. The Morgan fingerprint density at radius 2 is 2.00 bits per heavy atom. The van der Waals surface area contributed by atoms with Crippen molar-refractivity contribution in [3.8, 4) is 0 Å². The number of hydrogen-bond acceptors (Lipinski definition) is 1. The highest BCUT2D eigenvalue weighted by Gasteiger charge is 2.10. The number of hydrogen-bond donors (Lipinski definition) is 0. The lowest BCUT2D eigenvalue weighted by Gasteiger charge is -2.12. The number of nitrogens with zero attached hydrogens (tertiary/aromatic N) is 2. The highest BCUT2D eigenvalue weighted by molar-refractivity contribution is 9.09. The average Bonchev–Trinajstić information content (AvgIpc) is 2.62. The lowest BCUT2D eigenvalue weighted by Crippen LogP contribution is -2.09. The van der Waals surface area contributed by atoms with E-state index in [-0.39, 0.29) is 0 Å². The summed E-state index contributed by atoms with van der Waals surface area (Å²) in [4.78, 5) is 0.599. The number of rotatable bonds is 5. The monoisotopic (exact) mass is 272 g/mol. The summed E-state index contributed by atoms with van der Waals surface area (Å²) in [6.45, 7) is 8.79. The summed E-state index contributed by atoms with van der Waals surface area (Å²) in [5.41, 5.74) is 1.20. The Bertz CT molecular complexity index is 292. The molecule has 0 N–H and O–H groups in total. The third-order valence-electron chi connectivity index (χ3n) is 2.59. The minimum absolute atomic E-state index is 0.462. The van der Waals surface area contributed by atoms with Crippen LogP contribution < -0.4 is 0 Å². The van der Waals surface area contributed by atoms with Crippen molar-refractivity contribution >= 4 is 15.9 Å². The standard InChI is InChI=1S/C12H21BrN2/c1-9(2)12(13)6-5-11-7-8-15(14-11)10(3)4/h7-10,12H,5-6H2,1-4H3. The second kappa shape index (κ2) is 5.69. The highest BCUT2D eigenvalue weighted by atomic mass is 79.9. The van der Waals surface area contributed by atoms with Gasteiger partial charge in [0.2, 0.25) is 0 Å². The first-order valence-corrected chi connectivity index (χ1v) is 6.60. The second-order valence-corrected chi connectivity index (χ2v) is 5.86. The van der Waals surface area contributed by atoms with Gasteiger partial charge >= 0.3 is 0 Å². The van der Waals surface area contributed by atoms with E-state index in [0.717, 1.165) is 12.8 Å². The fourth-order valence-corrected chi connectivity index (χ4v) is 1.65. The largest absolute Gasteiger partial charge is 0.270 e. The summed E-state index contributed by atoms with van der Waals surface area (Å²) >= 11 is 3.70. The van der Waals surface area contributed by atoms with Crippen molar-refractivity contribution < 1.29 is 0 Å². The molecule has 0 saturated carbocycles. The molecule has 1 aromatic heterocycles. The molecular formula is C12H21BrN2. The number of aromatic nitrogens is 2. The lowest BCUT2D eigenvalue weighted by atomic mass is 10.1. The first-order chi connectivity index (χ1) is 7.00. The van der Waals surface area contributed by atoms with Crippen LogP contribution >= 0.6 is 15.9 Å². The van der Waals surface area contributed by atoms with Crippen LogP contribution in [0.2, 0.25) is 0 Å². The number of aryl methyl sites for hydroxylation is 1. The summed E-state index contributed by atoms with van der Waals surface area (Å²) in [6.07, 6.45) is 4.29. The molecule has 1 rings (SSSR count). The molecule has 3 heteroatoms. The minimum atomic E-state index is 0.462. The maximum atomic E-state index is 4.54. The van der Waals surface area contributed by atoms with Crippen molar-refractivity contribution in [2.24, 2.45) is 5.92 Å². The van der Waals surface area contributed by atoms with Crippen LogP contribution in [-0.4, -0.2) is 14.6 Å². The molecule has 15 heavy (non-hydrogen) atoms. The van der Waals surface area contributed by atoms with Crippen LogP contribution in [0.3, 0.4) is 0 Å². The van der Waals surface area contributed by atoms with E-state index >= 15 is 0 Å². The van der Waals surface area contributed by atoms with E-state index in [0.29, 0.717) is 16.8 Å². The molecule has 0 fully saturated rings. The summed E-state index contributed by atoms with van der Waals surface area (Å²) in [5.74, 6) is 0.692. The Kier molecular flexibility index (Phi) is 4.84. The Morgan fingerprint density at radius 3 is 2.47 bits per heavy atom. The molecule has 86 valence electrons. The van der Waals surface area contributed by atoms with Gasteiger partial charge in [-0.1, -0.05) is 29.8 Å². The zero-order valence-electron chi connectivity index (χ0n) is 10.1. The quantitative estimate of drug-likeness (QED) is 0.746. The lowest BCUT2D eigenvalue weighted by molar-refractivity contribution is 0.520. The summed E-state index contributed by atoms with van der Waals surface area (Å²) in [7, 11) is 0. The topological polar surface area (TPSA) is 17.8 Å². The molecule has 2 nitrogen and oxygen atoms in total. The van der Waals surface area contributed by atoms with Crippen LogP contribution in [0.5, 0.6) is 0 Å². The molecule has 0 spiro atoms. The van der Waals surface area contributed by atoms with E-state index in [1.54, 1.807) is 0 Å². The van der Waals surface area contributed by atoms with Gasteiger partial charge in [0.15, 0.2) is 0 Å². The normalized spacial score (nSPS) is 13.8. The zero-order chi connectivity index (χ0) is 11.4. The van der Waals surface area contributed by atoms with E-state index in [9.17, 15) is 0 Å². The smallest absolute Gasteiger partial charge is 0.0625 e. The molecule has 0 aliphatic carbocycles. The van der Waals surface area contributed by atoms with Crippen LogP contribution in [0.15, 0.2) is 12.3 Å². The van der Waals surface area contributed by atoms with Crippen LogP contribution in [0.1, 0.15) is 45.9 Å². The molecule has 0 aliphatic rings. The predicted octanol–water partition coefficient (Wildman–Crippen LogP) is 3.82. The fourth-order valence-electron chi connectivity index (χ4n) is 1.42. The van der Waals surface area contributed by atoms with Crippen molar-refractivity contribution in [1.29, 1.82) is 0 Å². The Morgan fingerprint density at radius 1 is 1.33 bits per heavy atom. The average molecular weight is 273 g/mol. The molecule has 0 bridgehead atoms. The molecule has 0 aromatic carbocycles. The van der Waals surface area contributed by atoms with E-state index in [1.807, 2.05) is 4.68 Å². The van der Waals surface area contributed by atoms with Gasteiger partial charge in [0.05, 0.1) is 5.69 Å². The van der Waals surface area contributed by atoms with Gasteiger partial charge in [-0.2, -0.15) is 5.10 Å². The minimum Gasteiger partial charge on any atom is -0.270 e. The second-order valence-electron chi connectivity index (χ2n) is 4.68. The number of halogens is 1. The Labute approximate surface area is 101 Å². The molecule has 0 radical (unpaired) electrons. The van der Waals surface area contributed by atoms with Gasteiger partial charge < -0.3 is 0 Å². The summed E-state index contributed by atoms with van der Waals surface area (Å²) < 4.78 is 2.02. The van der Waals surface area contributed by atoms with Crippen molar-refractivity contribution in [3.05, 3.63) is 18.0 Å². The van der Waals surface area contributed by atoms with Crippen molar-refractivity contribution in [2.45, 2.75) is 51.4 Å². The van der Waals surface area contributed by atoms with Gasteiger partial charge in [0, 0.05) is 17.1 Å². The van der Waals surface area contributed by atoms with E-state index in [4.69, 9.17) is 0 Å². The highest BCUT2D eigenvalue weighted by Crippen LogP contribution is 2.18. The zero-order valence-corrected chi connectivity index (χ0v) is 11.7. The van der Waals surface area contributed by atoms with Gasteiger partial charge in [0.1, 0.15) is 0 Å². The molecular weight excluding hydrogens is 252 g/mol. The van der Waals surface area contributed by atoms with Crippen molar-refractivity contribution in [2.75, 3.05) is 0 Å².